The monoisotopic (exact) mass is 429 g/mol. The molecule has 1 spiro atoms. The van der Waals surface area contributed by atoms with E-state index in [1.807, 2.05) is 18.3 Å². The van der Waals surface area contributed by atoms with E-state index in [4.69, 9.17) is 0 Å². The first-order valence-corrected chi connectivity index (χ1v) is 12.6. The van der Waals surface area contributed by atoms with E-state index in [1.165, 1.54) is 0 Å². The molecule has 1 aliphatic carbocycles. The van der Waals surface area contributed by atoms with Crippen molar-refractivity contribution in [3.05, 3.63) is 29.6 Å². The van der Waals surface area contributed by atoms with E-state index in [1.54, 1.807) is 13.3 Å². The molecule has 4 heterocycles. The van der Waals surface area contributed by atoms with E-state index >= 15 is 0 Å². The molecule has 0 radical (unpaired) electrons. The number of H-pyrrole nitrogens is 1. The Morgan fingerprint density at radius 3 is 2.80 bits per heavy atom. The van der Waals surface area contributed by atoms with Gasteiger partial charge in [0.15, 0.2) is 9.84 Å². The summed E-state index contributed by atoms with van der Waals surface area (Å²) in [6.07, 6.45) is 9.23. The molecule has 2 N–H and O–H groups in total. The van der Waals surface area contributed by atoms with Crippen LogP contribution in [-0.2, 0) is 9.84 Å². The van der Waals surface area contributed by atoms with Gasteiger partial charge in [-0.25, -0.2) is 18.4 Å². The van der Waals surface area contributed by atoms with Gasteiger partial charge in [0.2, 0.25) is 0 Å². The Balaban J connectivity index is 1.42. The summed E-state index contributed by atoms with van der Waals surface area (Å²) >= 11 is 0. The molecule has 0 aromatic carbocycles. The fourth-order valence-electron chi connectivity index (χ4n) is 5.31. The largest absolute Gasteiger partial charge is 0.355 e. The van der Waals surface area contributed by atoms with Crippen LogP contribution in [0.2, 0.25) is 0 Å². The van der Waals surface area contributed by atoms with Crippen molar-refractivity contribution in [3.8, 4) is 0 Å². The highest BCUT2D eigenvalue weighted by Gasteiger charge is 2.54. The molecule has 0 amide bonds. The van der Waals surface area contributed by atoms with Gasteiger partial charge in [-0.3, -0.25) is 0 Å². The van der Waals surface area contributed by atoms with Gasteiger partial charge in [0.1, 0.15) is 17.8 Å². The van der Waals surface area contributed by atoms with Gasteiger partial charge in [-0.1, -0.05) is 13.0 Å². The zero-order valence-electron chi connectivity index (χ0n) is 17.8. The number of aromatic amines is 1. The van der Waals surface area contributed by atoms with Crippen LogP contribution in [0.15, 0.2) is 29.6 Å². The van der Waals surface area contributed by atoms with Crippen LogP contribution in [0.1, 0.15) is 39.5 Å². The van der Waals surface area contributed by atoms with Crippen molar-refractivity contribution in [1.29, 1.82) is 0 Å². The van der Waals surface area contributed by atoms with E-state index < -0.39 is 9.84 Å². The fourth-order valence-corrected chi connectivity index (χ4v) is 7.48. The highest BCUT2D eigenvalue weighted by molar-refractivity contribution is 7.95. The lowest BCUT2D eigenvalue weighted by molar-refractivity contribution is 0.291. The summed E-state index contributed by atoms with van der Waals surface area (Å²) in [4.78, 5) is 15.0. The predicted molar refractivity (Wildman–Crippen MR) is 119 cm³/mol. The summed E-state index contributed by atoms with van der Waals surface area (Å²) < 4.78 is 27.0. The number of hydrogen-bond donors (Lipinski definition) is 2. The average Bonchev–Trinajstić information content (AvgIpc) is 3.31. The number of allylic oxidation sites excluding steroid dienone is 1. The zero-order valence-corrected chi connectivity index (χ0v) is 18.6. The molecule has 2 aromatic heterocycles. The number of sulfone groups is 1. The number of nitrogens with zero attached hydrogens (tertiary/aromatic N) is 3. The van der Waals surface area contributed by atoms with Crippen LogP contribution < -0.4 is 10.2 Å². The second-order valence-corrected chi connectivity index (χ2v) is 11.8. The summed E-state index contributed by atoms with van der Waals surface area (Å²) in [7, 11) is -3.28. The Bertz CT molecular complexity index is 1070. The van der Waals surface area contributed by atoms with Gasteiger partial charge < -0.3 is 15.2 Å². The highest BCUT2D eigenvalue weighted by atomic mass is 32.2. The molecule has 2 atom stereocenters. The van der Waals surface area contributed by atoms with Crippen molar-refractivity contribution in [3.63, 3.8) is 0 Å². The third-order valence-electron chi connectivity index (χ3n) is 7.60. The number of nitrogens with one attached hydrogen (secondary N) is 2. The Morgan fingerprint density at radius 1 is 1.30 bits per heavy atom. The minimum Gasteiger partial charge on any atom is -0.355 e. The first kappa shape index (κ1) is 20.0. The minimum atomic E-state index is -3.28. The Kier molecular flexibility index (Phi) is 4.89. The normalized spacial score (nSPS) is 27.7. The lowest BCUT2D eigenvalue weighted by atomic mass is 9.84. The molecule has 2 saturated heterocycles. The predicted octanol–water partition coefficient (Wildman–Crippen LogP) is 2.88. The standard InChI is InChI=1S/C22H31N5O2S/c1-15(10-17-11-23-12-17)30(28,29)19-4-3-9-27(13-22(6-7-22)16(19)2)21-18-5-8-24-20(18)25-14-26-21/h5,8,10,14,16-17,19,23H,3-4,6-7,9,11-13H2,1-2H3,(H,24,25,26). The van der Waals surface area contributed by atoms with Gasteiger partial charge >= 0.3 is 0 Å². The third kappa shape index (κ3) is 3.34. The molecule has 2 aromatic rings. The zero-order chi connectivity index (χ0) is 20.9. The van der Waals surface area contributed by atoms with E-state index in [9.17, 15) is 8.42 Å². The topological polar surface area (TPSA) is 91.0 Å². The Hall–Kier alpha value is -1.93. The van der Waals surface area contributed by atoms with Gasteiger partial charge in [0.05, 0.1) is 10.6 Å². The molecule has 0 bridgehead atoms. The fraction of sp³-hybridized carbons (Fsp3) is 0.636. The summed E-state index contributed by atoms with van der Waals surface area (Å²) in [5.74, 6) is 1.46. The summed E-state index contributed by atoms with van der Waals surface area (Å²) in [5.41, 5.74) is 0.913. The number of rotatable bonds is 4. The maximum absolute atomic E-state index is 13.5. The van der Waals surface area contributed by atoms with Gasteiger partial charge in [0, 0.05) is 43.2 Å². The van der Waals surface area contributed by atoms with Crippen molar-refractivity contribution in [1.82, 2.24) is 20.3 Å². The lowest BCUT2D eigenvalue weighted by Gasteiger charge is -2.39. The van der Waals surface area contributed by atoms with Crippen LogP contribution >= 0.6 is 0 Å². The summed E-state index contributed by atoms with van der Waals surface area (Å²) in [5, 5.41) is 3.97. The molecule has 162 valence electrons. The minimum absolute atomic E-state index is 0.0596. The molecular formula is C22H31N5O2S. The summed E-state index contributed by atoms with van der Waals surface area (Å²) in [6.45, 7) is 7.44. The van der Waals surface area contributed by atoms with Crippen molar-refractivity contribution < 1.29 is 8.42 Å². The molecule has 7 nitrogen and oxygen atoms in total. The van der Waals surface area contributed by atoms with Crippen molar-refractivity contribution in [2.75, 3.05) is 31.1 Å². The summed E-state index contributed by atoms with van der Waals surface area (Å²) in [6, 6.07) is 2.03. The van der Waals surface area contributed by atoms with Crippen LogP contribution in [0, 0.1) is 17.3 Å². The van der Waals surface area contributed by atoms with Crippen molar-refractivity contribution in [2.45, 2.75) is 44.8 Å². The first-order chi connectivity index (χ1) is 14.4. The van der Waals surface area contributed by atoms with Gasteiger partial charge in [-0.15, -0.1) is 0 Å². The molecule has 3 fully saturated rings. The smallest absolute Gasteiger partial charge is 0.177 e. The Labute approximate surface area is 178 Å². The van der Waals surface area contributed by atoms with Gasteiger partial charge in [-0.05, 0) is 50.0 Å². The molecule has 3 aliphatic rings. The molecular weight excluding hydrogens is 398 g/mol. The van der Waals surface area contributed by atoms with E-state index in [0.29, 0.717) is 17.2 Å². The molecule has 30 heavy (non-hydrogen) atoms. The second-order valence-electron chi connectivity index (χ2n) is 9.43. The molecule has 8 heteroatoms. The van der Waals surface area contributed by atoms with Crippen LogP contribution in [0.25, 0.3) is 11.0 Å². The van der Waals surface area contributed by atoms with Crippen LogP contribution in [-0.4, -0.2) is 54.8 Å². The molecule has 1 saturated carbocycles. The van der Waals surface area contributed by atoms with Gasteiger partial charge in [-0.2, -0.15) is 0 Å². The molecule has 2 aliphatic heterocycles. The molecule has 2 unspecified atom stereocenters. The second kappa shape index (κ2) is 7.34. The van der Waals surface area contributed by atoms with E-state index in [0.717, 1.165) is 62.3 Å². The number of hydrogen-bond acceptors (Lipinski definition) is 6. The first-order valence-electron chi connectivity index (χ1n) is 11.1. The van der Waals surface area contributed by atoms with E-state index in [-0.39, 0.29) is 16.6 Å². The van der Waals surface area contributed by atoms with Crippen molar-refractivity contribution in [2.24, 2.45) is 17.3 Å². The number of aromatic nitrogens is 3. The Morgan fingerprint density at radius 2 is 2.10 bits per heavy atom. The maximum atomic E-state index is 13.5. The SMILES string of the molecule is CC(=CC1CNC1)S(=O)(=O)C1CCCN(c2ncnc3[nH]ccc23)CC2(CC2)C1C. The van der Waals surface area contributed by atoms with Gasteiger partial charge in [0.25, 0.3) is 0 Å². The van der Waals surface area contributed by atoms with Crippen LogP contribution in [0.4, 0.5) is 5.82 Å². The van der Waals surface area contributed by atoms with Crippen LogP contribution in [0.3, 0.4) is 0 Å². The number of fused-ring (bicyclic) bond motifs is 1. The quantitative estimate of drug-likeness (QED) is 0.777. The third-order valence-corrected chi connectivity index (χ3v) is 10.1. The van der Waals surface area contributed by atoms with Crippen LogP contribution in [0.5, 0.6) is 0 Å². The lowest BCUT2D eigenvalue weighted by Crippen LogP contribution is -2.44. The maximum Gasteiger partial charge on any atom is 0.177 e. The van der Waals surface area contributed by atoms with Crippen molar-refractivity contribution >= 4 is 26.7 Å². The highest BCUT2D eigenvalue weighted by Crippen LogP contribution is 2.56. The molecule has 5 rings (SSSR count). The van der Waals surface area contributed by atoms with E-state index in [2.05, 4.69) is 32.1 Å². The number of anilines is 1. The average molecular weight is 430 g/mol.